The minimum absolute atomic E-state index is 0.0835. The Hall–Kier alpha value is -1.56. The summed E-state index contributed by atoms with van der Waals surface area (Å²) in [5.41, 5.74) is 1.77. The Labute approximate surface area is 121 Å². The number of nitrogens with zero attached hydrogens (tertiary/aromatic N) is 1. The molecule has 0 saturated heterocycles. The summed E-state index contributed by atoms with van der Waals surface area (Å²) < 4.78 is 25.0. The largest absolute Gasteiger partial charge is 0.354 e. The van der Waals surface area contributed by atoms with Crippen molar-refractivity contribution in [3.05, 3.63) is 29.8 Å². The molecule has 1 rings (SSSR count). The second-order valence-electron chi connectivity index (χ2n) is 4.56. The third-order valence-electron chi connectivity index (χ3n) is 2.99. The topological polar surface area (TPSA) is 66.5 Å². The number of carbonyl (C=O) groups is 1. The molecule has 0 saturated carbocycles. The van der Waals surface area contributed by atoms with Crippen molar-refractivity contribution >= 4 is 21.6 Å². The van der Waals surface area contributed by atoms with Crippen molar-refractivity contribution in [3.63, 3.8) is 0 Å². The van der Waals surface area contributed by atoms with Gasteiger partial charge in [-0.1, -0.05) is 26.0 Å². The van der Waals surface area contributed by atoms with Gasteiger partial charge in [-0.15, -0.1) is 0 Å². The fourth-order valence-corrected chi connectivity index (χ4v) is 2.73. The molecule has 0 unspecified atom stereocenters. The van der Waals surface area contributed by atoms with E-state index in [1.54, 1.807) is 19.1 Å². The highest BCUT2D eigenvalue weighted by molar-refractivity contribution is 7.92. The summed E-state index contributed by atoms with van der Waals surface area (Å²) in [4.78, 5) is 11.2. The van der Waals surface area contributed by atoms with Crippen LogP contribution in [-0.2, 0) is 21.2 Å². The van der Waals surface area contributed by atoms with E-state index in [-0.39, 0.29) is 12.5 Å². The summed E-state index contributed by atoms with van der Waals surface area (Å²) in [6, 6.07) is 7.42. The molecule has 1 aromatic carbocycles. The standard InChI is InChI=1S/C14H22N2O3S/c1-4-12-6-8-13(9-7-12)16(20(3,18)19)11-10-15-14(17)5-2/h6-9H,4-5,10-11H2,1-3H3,(H,15,17). The monoisotopic (exact) mass is 298 g/mol. The van der Waals surface area contributed by atoms with Crippen LogP contribution in [0.3, 0.4) is 0 Å². The number of aryl methyl sites for hydroxylation is 1. The first kappa shape index (κ1) is 16.5. The SMILES string of the molecule is CCC(=O)NCCN(c1ccc(CC)cc1)S(C)(=O)=O. The van der Waals surface area contributed by atoms with Gasteiger partial charge in [-0.2, -0.15) is 0 Å². The normalized spacial score (nSPS) is 11.2. The van der Waals surface area contributed by atoms with Crippen LogP contribution in [0.1, 0.15) is 25.8 Å². The van der Waals surface area contributed by atoms with E-state index in [2.05, 4.69) is 5.32 Å². The Morgan fingerprint density at radius 1 is 1.20 bits per heavy atom. The quantitative estimate of drug-likeness (QED) is 0.830. The molecule has 6 heteroatoms. The predicted molar refractivity (Wildman–Crippen MR) is 81.3 cm³/mol. The van der Waals surface area contributed by atoms with Crippen molar-refractivity contribution in [2.75, 3.05) is 23.7 Å². The van der Waals surface area contributed by atoms with Crippen LogP contribution >= 0.6 is 0 Å². The van der Waals surface area contributed by atoms with Crippen molar-refractivity contribution in [1.82, 2.24) is 5.32 Å². The van der Waals surface area contributed by atoms with Gasteiger partial charge >= 0.3 is 0 Å². The fraction of sp³-hybridized carbons (Fsp3) is 0.500. The van der Waals surface area contributed by atoms with E-state index in [1.807, 2.05) is 19.1 Å². The van der Waals surface area contributed by atoms with Crippen LogP contribution in [0, 0.1) is 0 Å². The number of benzene rings is 1. The van der Waals surface area contributed by atoms with Gasteiger partial charge in [-0.25, -0.2) is 8.42 Å². The maximum absolute atomic E-state index is 11.8. The molecule has 1 amide bonds. The molecular formula is C14H22N2O3S. The predicted octanol–water partition coefficient (Wildman–Crippen LogP) is 1.54. The van der Waals surface area contributed by atoms with Crippen molar-refractivity contribution < 1.29 is 13.2 Å². The molecule has 5 nitrogen and oxygen atoms in total. The molecule has 0 spiro atoms. The molecule has 0 aliphatic rings. The Bertz CT molecular complexity index is 538. The van der Waals surface area contributed by atoms with E-state index in [4.69, 9.17) is 0 Å². The Morgan fingerprint density at radius 3 is 2.25 bits per heavy atom. The van der Waals surface area contributed by atoms with Crippen LogP contribution in [-0.4, -0.2) is 33.7 Å². The molecule has 1 aromatic rings. The molecule has 0 aliphatic carbocycles. The number of hydrogen-bond donors (Lipinski definition) is 1. The lowest BCUT2D eigenvalue weighted by Crippen LogP contribution is -2.38. The van der Waals surface area contributed by atoms with Crippen LogP contribution in [0.4, 0.5) is 5.69 Å². The van der Waals surface area contributed by atoms with E-state index < -0.39 is 10.0 Å². The minimum Gasteiger partial charge on any atom is -0.354 e. The van der Waals surface area contributed by atoms with E-state index in [0.29, 0.717) is 18.7 Å². The lowest BCUT2D eigenvalue weighted by molar-refractivity contribution is -0.120. The molecule has 0 aliphatic heterocycles. The third-order valence-corrected chi connectivity index (χ3v) is 4.19. The third kappa shape index (κ3) is 4.85. The van der Waals surface area contributed by atoms with Gasteiger partial charge in [0.1, 0.15) is 0 Å². The van der Waals surface area contributed by atoms with Crippen molar-refractivity contribution in [2.24, 2.45) is 0 Å². The second-order valence-corrected chi connectivity index (χ2v) is 6.47. The first-order chi connectivity index (χ1) is 9.38. The zero-order chi connectivity index (χ0) is 15.2. The van der Waals surface area contributed by atoms with E-state index in [0.717, 1.165) is 12.0 Å². The molecule has 1 N–H and O–H groups in total. The lowest BCUT2D eigenvalue weighted by atomic mass is 10.1. The highest BCUT2D eigenvalue weighted by Gasteiger charge is 2.17. The average Bonchev–Trinajstić information content (AvgIpc) is 2.42. The fourth-order valence-electron chi connectivity index (χ4n) is 1.81. The van der Waals surface area contributed by atoms with E-state index in [1.165, 1.54) is 10.6 Å². The minimum atomic E-state index is -3.36. The lowest BCUT2D eigenvalue weighted by Gasteiger charge is -2.22. The van der Waals surface area contributed by atoms with Gasteiger partial charge in [0.25, 0.3) is 0 Å². The van der Waals surface area contributed by atoms with Gasteiger partial charge in [0.15, 0.2) is 0 Å². The van der Waals surface area contributed by atoms with Crippen LogP contribution in [0.25, 0.3) is 0 Å². The maximum atomic E-state index is 11.8. The van der Waals surface area contributed by atoms with Gasteiger partial charge in [-0.05, 0) is 24.1 Å². The van der Waals surface area contributed by atoms with Gasteiger partial charge in [0.05, 0.1) is 18.5 Å². The summed E-state index contributed by atoms with van der Waals surface area (Å²) in [6.07, 6.45) is 2.47. The summed E-state index contributed by atoms with van der Waals surface area (Å²) >= 11 is 0. The molecule has 0 atom stereocenters. The average molecular weight is 298 g/mol. The number of anilines is 1. The number of sulfonamides is 1. The highest BCUT2D eigenvalue weighted by Crippen LogP contribution is 2.18. The van der Waals surface area contributed by atoms with Crippen molar-refractivity contribution in [3.8, 4) is 0 Å². The van der Waals surface area contributed by atoms with Crippen LogP contribution in [0.15, 0.2) is 24.3 Å². The summed E-state index contributed by atoms with van der Waals surface area (Å²) in [6.45, 7) is 4.34. The number of rotatable bonds is 7. The molecular weight excluding hydrogens is 276 g/mol. The van der Waals surface area contributed by atoms with Gasteiger partial charge < -0.3 is 5.32 Å². The van der Waals surface area contributed by atoms with Crippen molar-refractivity contribution in [2.45, 2.75) is 26.7 Å². The first-order valence-electron chi connectivity index (χ1n) is 6.71. The van der Waals surface area contributed by atoms with E-state index in [9.17, 15) is 13.2 Å². The molecule has 0 aromatic heterocycles. The van der Waals surface area contributed by atoms with Gasteiger partial charge in [-0.3, -0.25) is 9.10 Å². The summed E-state index contributed by atoms with van der Waals surface area (Å²) in [7, 11) is -3.36. The Kier molecular flexibility index (Phi) is 6.01. The number of amides is 1. The van der Waals surface area contributed by atoms with Gasteiger partial charge in [0, 0.05) is 13.0 Å². The number of carbonyl (C=O) groups excluding carboxylic acids is 1. The smallest absolute Gasteiger partial charge is 0.232 e. The highest BCUT2D eigenvalue weighted by atomic mass is 32.2. The maximum Gasteiger partial charge on any atom is 0.232 e. The van der Waals surface area contributed by atoms with Crippen LogP contribution in [0.5, 0.6) is 0 Å². The zero-order valence-electron chi connectivity index (χ0n) is 12.2. The molecule has 20 heavy (non-hydrogen) atoms. The molecule has 0 bridgehead atoms. The molecule has 0 radical (unpaired) electrons. The summed E-state index contributed by atoms with van der Waals surface area (Å²) in [5.74, 6) is -0.0835. The number of hydrogen-bond acceptors (Lipinski definition) is 3. The zero-order valence-corrected chi connectivity index (χ0v) is 13.0. The van der Waals surface area contributed by atoms with Crippen molar-refractivity contribution in [1.29, 1.82) is 0 Å². The molecule has 0 heterocycles. The van der Waals surface area contributed by atoms with Gasteiger partial charge in [0.2, 0.25) is 15.9 Å². The Balaban J connectivity index is 2.81. The van der Waals surface area contributed by atoms with E-state index >= 15 is 0 Å². The number of nitrogens with one attached hydrogen (secondary N) is 1. The molecule has 0 fully saturated rings. The Morgan fingerprint density at radius 2 is 1.80 bits per heavy atom. The van der Waals surface area contributed by atoms with Crippen LogP contribution in [0.2, 0.25) is 0 Å². The van der Waals surface area contributed by atoms with Crippen LogP contribution < -0.4 is 9.62 Å². The summed E-state index contributed by atoms with van der Waals surface area (Å²) in [5, 5.41) is 2.68. The first-order valence-corrected chi connectivity index (χ1v) is 8.56. The molecule has 112 valence electrons. The second kappa shape index (κ2) is 7.28.